The molecule has 0 saturated carbocycles. The van der Waals surface area contributed by atoms with Crippen LogP contribution in [0.25, 0.3) is 27.7 Å². The van der Waals surface area contributed by atoms with Gasteiger partial charge < -0.3 is 30.7 Å². The number of nitrogen functional groups attached to an aromatic ring is 1. The van der Waals surface area contributed by atoms with E-state index in [0.29, 0.717) is 17.0 Å². The fraction of sp³-hybridized carbons (Fsp3) is 0.280. The van der Waals surface area contributed by atoms with Crippen LogP contribution in [0, 0.1) is 0 Å². The van der Waals surface area contributed by atoms with E-state index >= 15 is 0 Å². The SMILES string of the molecule is CNc1ccc2ccc(OC[C@H]3O[C@@H](c4cc(-c5ccnn5C)c5c(N)ncnn45)[C@H](O)[C@@H]3O)cc2n1. The van der Waals surface area contributed by atoms with Gasteiger partial charge in [-0.15, -0.1) is 0 Å². The molecular weight excluding hydrogens is 476 g/mol. The van der Waals surface area contributed by atoms with E-state index in [0.717, 1.165) is 28.0 Å². The van der Waals surface area contributed by atoms with Crippen LogP contribution < -0.4 is 15.8 Å². The first-order valence-electron chi connectivity index (χ1n) is 11.8. The zero-order valence-electron chi connectivity index (χ0n) is 20.2. The number of anilines is 2. The van der Waals surface area contributed by atoms with Crippen molar-refractivity contribution >= 4 is 28.1 Å². The Labute approximate surface area is 211 Å². The molecule has 5 N–H and O–H groups in total. The summed E-state index contributed by atoms with van der Waals surface area (Å²) in [7, 11) is 3.63. The Morgan fingerprint density at radius 1 is 1.11 bits per heavy atom. The fourth-order valence-corrected chi connectivity index (χ4v) is 4.76. The van der Waals surface area contributed by atoms with Crippen molar-refractivity contribution in [2.45, 2.75) is 24.4 Å². The molecule has 0 unspecified atom stereocenters. The molecule has 4 atom stereocenters. The average molecular weight is 503 g/mol. The summed E-state index contributed by atoms with van der Waals surface area (Å²) in [5.41, 5.74) is 9.61. The van der Waals surface area contributed by atoms with Gasteiger partial charge in [-0.05, 0) is 36.4 Å². The number of aryl methyl sites for hydroxylation is 1. The Morgan fingerprint density at radius 3 is 2.73 bits per heavy atom. The lowest BCUT2D eigenvalue weighted by Crippen LogP contribution is -2.34. The lowest BCUT2D eigenvalue weighted by atomic mass is 10.1. The summed E-state index contributed by atoms with van der Waals surface area (Å²) in [6.45, 7) is 0.0287. The molecule has 6 rings (SSSR count). The van der Waals surface area contributed by atoms with Gasteiger partial charge in [0.05, 0.1) is 16.9 Å². The van der Waals surface area contributed by atoms with Crippen molar-refractivity contribution in [3.63, 3.8) is 0 Å². The van der Waals surface area contributed by atoms with Gasteiger partial charge >= 0.3 is 0 Å². The number of nitrogens with two attached hydrogens (primary N) is 1. The van der Waals surface area contributed by atoms with Crippen LogP contribution in [0.2, 0.25) is 0 Å². The van der Waals surface area contributed by atoms with Crippen molar-refractivity contribution in [2.24, 2.45) is 7.05 Å². The first-order chi connectivity index (χ1) is 17.9. The number of nitrogens with one attached hydrogen (secondary N) is 1. The van der Waals surface area contributed by atoms with Crippen molar-refractivity contribution < 1.29 is 19.7 Å². The molecule has 5 aromatic rings. The molecule has 1 aromatic carbocycles. The normalized spacial score (nSPS) is 21.6. The molecule has 5 heterocycles. The molecule has 1 aliphatic heterocycles. The van der Waals surface area contributed by atoms with E-state index in [1.165, 1.54) is 6.33 Å². The number of ether oxygens (including phenoxy) is 2. The third-order valence-electron chi connectivity index (χ3n) is 6.70. The molecular formula is C25H26N8O4. The fourth-order valence-electron chi connectivity index (χ4n) is 4.76. The van der Waals surface area contributed by atoms with Crippen LogP contribution in [0.1, 0.15) is 11.8 Å². The largest absolute Gasteiger partial charge is 0.491 e. The number of benzene rings is 1. The predicted molar refractivity (Wildman–Crippen MR) is 136 cm³/mol. The number of aromatic nitrogens is 6. The number of aliphatic hydroxyl groups excluding tert-OH is 2. The lowest BCUT2D eigenvalue weighted by molar-refractivity contribution is -0.0187. The minimum Gasteiger partial charge on any atom is -0.491 e. The van der Waals surface area contributed by atoms with Crippen LogP contribution in [0.15, 0.2) is 55.0 Å². The lowest BCUT2D eigenvalue weighted by Gasteiger charge is -2.16. The number of hydrogen-bond acceptors (Lipinski definition) is 10. The van der Waals surface area contributed by atoms with Crippen LogP contribution in [-0.4, -0.2) is 71.5 Å². The topological polar surface area (TPSA) is 158 Å². The van der Waals surface area contributed by atoms with Gasteiger partial charge in [0.1, 0.15) is 54.4 Å². The minimum atomic E-state index is -1.21. The summed E-state index contributed by atoms with van der Waals surface area (Å²) in [6.07, 6.45) is -1.02. The second kappa shape index (κ2) is 9.00. The third kappa shape index (κ3) is 3.91. The zero-order valence-corrected chi connectivity index (χ0v) is 20.2. The maximum absolute atomic E-state index is 10.9. The highest BCUT2D eigenvalue weighted by Crippen LogP contribution is 2.39. The quantitative estimate of drug-likeness (QED) is 0.268. The van der Waals surface area contributed by atoms with Crippen LogP contribution in [-0.2, 0) is 11.8 Å². The van der Waals surface area contributed by atoms with Crippen molar-refractivity contribution in [1.82, 2.24) is 29.4 Å². The van der Waals surface area contributed by atoms with E-state index in [-0.39, 0.29) is 12.4 Å². The van der Waals surface area contributed by atoms with Crippen molar-refractivity contribution in [2.75, 3.05) is 24.7 Å². The summed E-state index contributed by atoms with van der Waals surface area (Å²) < 4.78 is 15.4. The van der Waals surface area contributed by atoms with E-state index in [1.54, 1.807) is 15.4 Å². The van der Waals surface area contributed by atoms with Crippen LogP contribution in [0.5, 0.6) is 5.75 Å². The third-order valence-corrected chi connectivity index (χ3v) is 6.70. The van der Waals surface area contributed by atoms with Crippen molar-refractivity contribution in [1.29, 1.82) is 0 Å². The Morgan fingerprint density at radius 2 is 1.95 bits per heavy atom. The van der Waals surface area contributed by atoms with E-state index in [4.69, 9.17) is 15.2 Å². The van der Waals surface area contributed by atoms with E-state index < -0.39 is 24.4 Å². The number of nitrogens with zero attached hydrogens (tertiary/aromatic N) is 6. The van der Waals surface area contributed by atoms with Crippen LogP contribution in [0.4, 0.5) is 11.6 Å². The van der Waals surface area contributed by atoms with Gasteiger partial charge in [-0.2, -0.15) is 10.2 Å². The van der Waals surface area contributed by atoms with E-state index in [1.807, 2.05) is 56.6 Å². The van der Waals surface area contributed by atoms with Crippen LogP contribution in [0.3, 0.4) is 0 Å². The molecule has 1 aliphatic rings. The second-order valence-corrected chi connectivity index (χ2v) is 8.92. The van der Waals surface area contributed by atoms with Crippen molar-refractivity contribution in [3.05, 3.63) is 60.7 Å². The highest BCUT2D eigenvalue weighted by Gasteiger charge is 2.45. The zero-order chi connectivity index (χ0) is 25.7. The van der Waals surface area contributed by atoms with Gasteiger partial charge in [-0.1, -0.05) is 0 Å². The Hall–Kier alpha value is -4.26. The summed E-state index contributed by atoms with van der Waals surface area (Å²) in [5, 5.41) is 34.3. The average Bonchev–Trinajstić information content (AvgIpc) is 3.58. The molecule has 12 nitrogen and oxygen atoms in total. The molecule has 0 amide bonds. The number of aliphatic hydroxyl groups is 2. The molecule has 4 aromatic heterocycles. The van der Waals surface area contributed by atoms with E-state index in [9.17, 15) is 10.2 Å². The maximum Gasteiger partial charge on any atom is 0.152 e. The monoisotopic (exact) mass is 502 g/mol. The maximum atomic E-state index is 10.9. The van der Waals surface area contributed by atoms with Crippen LogP contribution >= 0.6 is 0 Å². The number of hydrogen-bond donors (Lipinski definition) is 4. The highest BCUT2D eigenvalue weighted by atomic mass is 16.6. The minimum absolute atomic E-state index is 0.0287. The Bertz CT molecular complexity index is 1600. The second-order valence-electron chi connectivity index (χ2n) is 8.92. The molecule has 1 fully saturated rings. The predicted octanol–water partition coefficient (Wildman–Crippen LogP) is 1.54. The first kappa shape index (κ1) is 23.2. The molecule has 37 heavy (non-hydrogen) atoms. The Balaban J connectivity index is 1.27. The summed E-state index contributed by atoms with van der Waals surface area (Å²) in [6, 6.07) is 13.1. The van der Waals surface area contributed by atoms with Gasteiger partial charge in [-0.25, -0.2) is 14.5 Å². The standard InChI is InChI=1S/C25H26N8O4/c1-27-20-6-4-13-3-5-14(9-16(13)31-20)36-11-19-22(34)23(35)24(37-19)18-10-15(17-7-8-29-32(17)2)21-25(26)28-12-30-33(18)21/h3-10,12,19,22-24,34-35H,11H2,1-2H3,(H,27,31)(H2,26,28,30)/t19-,22-,23-,24+/m1/s1. The molecule has 0 bridgehead atoms. The molecule has 0 radical (unpaired) electrons. The number of pyridine rings is 1. The summed E-state index contributed by atoms with van der Waals surface area (Å²) in [4.78, 5) is 8.66. The molecule has 0 aliphatic carbocycles. The van der Waals surface area contributed by atoms with Gasteiger partial charge in [0, 0.05) is 37.3 Å². The number of fused-ring (bicyclic) bond motifs is 2. The summed E-state index contributed by atoms with van der Waals surface area (Å²) in [5.74, 6) is 1.60. The molecule has 0 spiro atoms. The highest BCUT2D eigenvalue weighted by molar-refractivity contribution is 5.87. The van der Waals surface area contributed by atoms with E-state index in [2.05, 4.69) is 25.5 Å². The summed E-state index contributed by atoms with van der Waals surface area (Å²) >= 11 is 0. The molecule has 1 saturated heterocycles. The van der Waals surface area contributed by atoms with Gasteiger partial charge in [0.25, 0.3) is 0 Å². The van der Waals surface area contributed by atoms with Crippen molar-refractivity contribution in [3.8, 4) is 17.0 Å². The smallest absolute Gasteiger partial charge is 0.152 e. The first-order valence-corrected chi connectivity index (χ1v) is 11.8. The Kier molecular flexibility index (Phi) is 5.63. The van der Waals surface area contributed by atoms with Gasteiger partial charge in [0.2, 0.25) is 0 Å². The molecule has 12 heteroatoms. The van der Waals surface area contributed by atoms with Gasteiger partial charge in [0.15, 0.2) is 5.82 Å². The molecule has 190 valence electrons. The number of rotatable bonds is 6. The van der Waals surface area contributed by atoms with Gasteiger partial charge in [-0.3, -0.25) is 4.68 Å².